The van der Waals surface area contributed by atoms with Crippen LogP contribution in [0.15, 0.2) is 12.4 Å². The van der Waals surface area contributed by atoms with Gasteiger partial charge in [-0.1, -0.05) is 32.1 Å². The monoisotopic (exact) mass is 205 g/mol. The molecule has 2 N–H and O–H groups in total. The zero-order valence-corrected chi connectivity index (χ0v) is 9.15. The molecule has 3 heteroatoms. The summed E-state index contributed by atoms with van der Waals surface area (Å²) in [6.45, 7) is 0. The van der Waals surface area contributed by atoms with Gasteiger partial charge in [0, 0.05) is 5.92 Å². The normalized spacial score (nSPS) is 19.5. The Hall–Kier alpha value is -1.12. The Labute approximate surface area is 91.1 Å². The summed E-state index contributed by atoms with van der Waals surface area (Å²) in [5.41, 5.74) is 6.24. The minimum absolute atomic E-state index is 0.561. The van der Waals surface area contributed by atoms with E-state index >= 15 is 0 Å². The van der Waals surface area contributed by atoms with Crippen molar-refractivity contribution in [1.82, 2.24) is 9.97 Å². The molecule has 0 bridgehead atoms. The highest BCUT2D eigenvalue weighted by atomic mass is 14.9. The average molecular weight is 205 g/mol. The second-order valence-corrected chi connectivity index (χ2v) is 4.42. The lowest BCUT2D eigenvalue weighted by atomic mass is 9.90. The Morgan fingerprint density at radius 1 is 0.933 bits per heavy atom. The van der Waals surface area contributed by atoms with Crippen LogP contribution in [0.2, 0.25) is 0 Å². The van der Waals surface area contributed by atoms with Crippen molar-refractivity contribution in [3.05, 3.63) is 18.2 Å². The van der Waals surface area contributed by atoms with Gasteiger partial charge in [0.2, 0.25) is 0 Å². The van der Waals surface area contributed by atoms with Crippen LogP contribution in [0.4, 0.5) is 5.69 Å². The van der Waals surface area contributed by atoms with Gasteiger partial charge in [0.25, 0.3) is 0 Å². The summed E-state index contributed by atoms with van der Waals surface area (Å²) in [5, 5.41) is 0. The molecule has 0 atom stereocenters. The zero-order chi connectivity index (χ0) is 10.5. The van der Waals surface area contributed by atoms with E-state index in [1.165, 1.54) is 44.9 Å². The van der Waals surface area contributed by atoms with Gasteiger partial charge in [0.1, 0.15) is 5.82 Å². The highest BCUT2D eigenvalue weighted by Gasteiger charge is 2.15. The minimum atomic E-state index is 0.561. The number of aromatic nitrogens is 2. The molecule has 1 heterocycles. The van der Waals surface area contributed by atoms with Crippen LogP contribution in [0, 0.1) is 0 Å². The smallest absolute Gasteiger partial charge is 0.131 e. The predicted molar refractivity (Wildman–Crippen MR) is 61.5 cm³/mol. The van der Waals surface area contributed by atoms with E-state index in [9.17, 15) is 0 Å². The van der Waals surface area contributed by atoms with Crippen molar-refractivity contribution in [1.29, 1.82) is 0 Å². The van der Waals surface area contributed by atoms with Crippen LogP contribution < -0.4 is 5.73 Å². The molecule has 82 valence electrons. The van der Waals surface area contributed by atoms with Gasteiger partial charge in [0.05, 0.1) is 18.1 Å². The first-order valence-electron chi connectivity index (χ1n) is 5.93. The maximum Gasteiger partial charge on any atom is 0.131 e. The minimum Gasteiger partial charge on any atom is -0.396 e. The van der Waals surface area contributed by atoms with E-state index in [0.29, 0.717) is 11.6 Å². The van der Waals surface area contributed by atoms with E-state index in [-0.39, 0.29) is 0 Å². The zero-order valence-electron chi connectivity index (χ0n) is 9.15. The number of anilines is 1. The molecule has 1 aromatic heterocycles. The number of hydrogen-bond acceptors (Lipinski definition) is 3. The standard InChI is InChI=1S/C12H19N3/c13-11-8-14-12(15-9-11)10-6-4-2-1-3-5-7-10/h8-10H,1-7,13H2. The third kappa shape index (κ3) is 2.91. The highest BCUT2D eigenvalue weighted by molar-refractivity contribution is 5.30. The molecule has 2 rings (SSSR count). The molecule has 0 saturated heterocycles. The Morgan fingerprint density at radius 2 is 1.47 bits per heavy atom. The summed E-state index contributed by atoms with van der Waals surface area (Å²) >= 11 is 0. The maximum atomic E-state index is 5.59. The maximum absolute atomic E-state index is 5.59. The van der Waals surface area contributed by atoms with Gasteiger partial charge in [-0.2, -0.15) is 0 Å². The largest absolute Gasteiger partial charge is 0.396 e. The molecule has 0 aliphatic heterocycles. The van der Waals surface area contributed by atoms with Crippen molar-refractivity contribution in [3.8, 4) is 0 Å². The van der Waals surface area contributed by atoms with Crippen LogP contribution >= 0.6 is 0 Å². The number of nitrogens with zero attached hydrogens (tertiary/aromatic N) is 2. The topological polar surface area (TPSA) is 51.8 Å². The first kappa shape index (κ1) is 10.4. The molecule has 3 nitrogen and oxygen atoms in total. The molecule has 1 aliphatic carbocycles. The van der Waals surface area contributed by atoms with Gasteiger partial charge >= 0.3 is 0 Å². The Morgan fingerprint density at radius 3 is 2.07 bits per heavy atom. The van der Waals surface area contributed by atoms with Crippen molar-refractivity contribution in [2.45, 2.75) is 50.9 Å². The highest BCUT2D eigenvalue weighted by Crippen LogP contribution is 2.28. The molecule has 1 saturated carbocycles. The van der Waals surface area contributed by atoms with E-state index in [2.05, 4.69) is 9.97 Å². The molecule has 1 fully saturated rings. The summed E-state index contributed by atoms with van der Waals surface area (Å²) < 4.78 is 0. The first-order valence-corrected chi connectivity index (χ1v) is 5.93. The summed E-state index contributed by atoms with van der Waals surface area (Å²) in [5.74, 6) is 1.55. The molecule has 1 aromatic rings. The van der Waals surface area contributed by atoms with Crippen molar-refractivity contribution < 1.29 is 0 Å². The van der Waals surface area contributed by atoms with Crippen LogP contribution in [0.1, 0.15) is 56.7 Å². The van der Waals surface area contributed by atoms with E-state index in [4.69, 9.17) is 5.73 Å². The Bertz CT molecular complexity index is 286. The van der Waals surface area contributed by atoms with Crippen LogP contribution in [0.25, 0.3) is 0 Å². The number of nitrogens with two attached hydrogens (primary N) is 1. The Balaban J connectivity index is 2.03. The van der Waals surface area contributed by atoms with Gasteiger partial charge in [-0.05, 0) is 12.8 Å². The number of rotatable bonds is 1. The third-order valence-corrected chi connectivity index (χ3v) is 3.16. The molecule has 0 radical (unpaired) electrons. The van der Waals surface area contributed by atoms with Gasteiger partial charge < -0.3 is 5.73 Å². The van der Waals surface area contributed by atoms with E-state index < -0.39 is 0 Å². The van der Waals surface area contributed by atoms with Crippen LogP contribution in [0.3, 0.4) is 0 Å². The molecule has 1 aliphatic rings. The number of nitrogen functional groups attached to an aromatic ring is 1. The predicted octanol–water partition coefficient (Wildman–Crippen LogP) is 2.89. The average Bonchev–Trinajstić information content (AvgIpc) is 2.19. The lowest BCUT2D eigenvalue weighted by Gasteiger charge is -2.17. The van der Waals surface area contributed by atoms with Gasteiger partial charge in [-0.25, -0.2) is 9.97 Å². The Kier molecular flexibility index (Phi) is 3.54. The van der Waals surface area contributed by atoms with Gasteiger partial charge in [0.15, 0.2) is 0 Å². The molecule has 15 heavy (non-hydrogen) atoms. The molecule has 0 spiro atoms. The summed E-state index contributed by atoms with van der Waals surface area (Å²) in [7, 11) is 0. The molecule has 0 amide bonds. The SMILES string of the molecule is Nc1cnc(C2CCCCCCC2)nc1. The van der Waals surface area contributed by atoms with E-state index in [0.717, 1.165) is 5.82 Å². The van der Waals surface area contributed by atoms with Crippen LogP contribution in [-0.4, -0.2) is 9.97 Å². The fraction of sp³-hybridized carbons (Fsp3) is 0.667. The second kappa shape index (κ2) is 5.10. The van der Waals surface area contributed by atoms with Gasteiger partial charge in [-0.15, -0.1) is 0 Å². The molecule has 0 unspecified atom stereocenters. The number of hydrogen-bond donors (Lipinski definition) is 1. The van der Waals surface area contributed by atoms with Gasteiger partial charge in [-0.3, -0.25) is 0 Å². The quantitative estimate of drug-likeness (QED) is 0.767. The van der Waals surface area contributed by atoms with Crippen molar-refractivity contribution >= 4 is 5.69 Å². The van der Waals surface area contributed by atoms with Crippen LogP contribution in [0.5, 0.6) is 0 Å². The second-order valence-electron chi connectivity index (χ2n) is 4.42. The molecular formula is C12H19N3. The summed E-state index contributed by atoms with van der Waals surface area (Å²) in [6, 6.07) is 0. The third-order valence-electron chi connectivity index (χ3n) is 3.16. The van der Waals surface area contributed by atoms with Crippen molar-refractivity contribution in [3.63, 3.8) is 0 Å². The fourth-order valence-electron chi connectivity index (χ4n) is 2.27. The van der Waals surface area contributed by atoms with Crippen molar-refractivity contribution in [2.24, 2.45) is 0 Å². The van der Waals surface area contributed by atoms with E-state index in [1.807, 2.05) is 0 Å². The molecular weight excluding hydrogens is 186 g/mol. The van der Waals surface area contributed by atoms with Crippen LogP contribution in [-0.2, 0) is 0 Å². The first-order chi connectivity index (χ1) is 7.36. The lowest BCUT2D eigenvalue weighted by molar-refractivity contribution is 0.442. The summed E-state index contributed by atoms with van der Waals surface area (Å²) in [4.78, 5) is 8.68. The van der Waals surface area contributed by atoms with Crippen molar-refractivity contribution in [2.75, 3.05) is 5.73 Å². The fourth-order valence-corrected chi connectivity index (χ4v) is 2.27. The summed E-state index contributed by atoms with van der Waals surface area (Å²) in [6.07, 6.45) is 12.7. The lowest BCUT2D eigenvalue weighted by Crippen LogP contribution is -2.07. The molecule has 0 aromatic carbocycles. The van der Waals surface area contributed by atoms with E-state index in [1.54, 1.807) is 12.4 Å².